The third-order valence-corrected chi connectivity index (χ3v) is 4.45. The number of fused-ring (bicyclic) bond motifs is 1. The second-order valence-electron chi connectivity index (χ2n) is 7.00. The summed E-state index contributed by atoms with van der Waals surface area (Å²) >= 11 is 0. The Morgan fingerprint density at radius 3 is 2.44 bits per heavy atom. The van der Waals surface area contributed by atoms with E-state index in [1.54, 1.807) is 4.90 Å². The summed E-state index contributed by atoms with van der Waals surface area (Å²) in [4.78, 5) is 39.4. The van der Waals surface area contributed by atoms with Crippen molar-refractivity contribution in [1.29, 1.82) is 0 Å². The molecule has 1 aromatic rings. The van der Waals surface area contributed by atoms with Crippen molar-refractivity contribution in [3.63, 3.8) is 0 Å². The molecule has 0 saturated heterocycles. The lowest BCUT2D eigenvalue weighted by atomic mass is 10.0. The molecule has 27 heavy (non-hydrogen) atoms. The highest BCUT2D eigenvalue weighted by Crippen LogP contribution is 2.38. The number of hydrogen-bond donors (Lipinski definition) is 0. The molecule has 0 saturated carbocycles. The number of non-ortho nitro benzene ring substituents is 1. The van der Waals surface area contributed by atoms with Crippen molar-refractivity contribution >= 4 is 23.2 Å². The number of nitro groups is 1. The molecule has 0 radical (unpaired) electrons. The molecule has 2 amide bonds. The summed E-state index contributed by atoms with van der Waals surface area (Å²) in [7, 11) is 0. The van der Waals surface area contributed by atoms with Gasteiger partial charge >= 0.3 is 0 Å². The van der Waals surface area contributed by atoms with Crippen LogP contribution in [0.5, 0.6) is 5.75 Å². The average Bonchev–Trinajstić information content (AvgIpc) is 2.62. The number of hydrogen-bond acceptors (Lipinski definition) is 5. The molecule has 0 N–H and O–H groups in total. The van der Waals surface area contributed by atoms with Crippen LogP contribution >= 0.6 is 0 Å². The molecule has 0 fully saturated rings. The average molecular weight is 377 g/mol. The zero-order chi connectivity index (χ0) is 20.1. The number of ether oxygens (including phenoxy) is 1. The van der Waals surface area contributed by atoms with Crippen LogP contribution in [-0.2, 0) is 9.59 Å². The van der Waals surface area contributed by atoms with E-state index >= 15 is 0 Å². The summed E-state index contributed by atoms with van der Waals surface area (Å²) in [6, 6.07) is 4.12. The van der Waals surface area contributed by atoms with Crippen LogP contribution in [0, 0.1) is 16.0 Å². The summed E-state index contributed by atoms with van der Waals surface area (Å²) in [5.74, 6) is -0.238. The molecule has 8 heteroatoms. The number of anilines is 1. The molecular weight excluding hydrogens is 350 g/mol. The Labute approximate surface area is 159 Å². The summed E-state index contributed by atoms with van der Waals surface area (Å²) in [5, 5.41) is 11.1. The molecule has 1 aromatic carbocycles. The maximum Gasteiger partial charge on any atom is 0.271 e. The van der Waals surface area contributed by atoms with Gasteiger partial charge in [-0.1, -0.05) is 27.7 Å². The highest BCUT2D eigenvalue weighted by atomic mass is 16.6. The summed E-state index contributed by atoms with van der Waals surface area (Å²) in [6.07, 6.45) is 0.913. The number of nitro benzene ring substituents is 1. The molecule has 0 spiro atoms. The Kier molecular flexibility index (Phi) is 6.76. The second-order valence-corrected chi connectivity index (χ2v) is 7.00. The van der Waals surface area contributed by atoms with Crippen molar-refractivity contribution in [2.45, 2.75) is 46.6 Å². The molecule has 0 aliphatic carbocycles. The number of rotatable bonds is 8. The van der Waals surface area contributed by atoms with Gasteiger partial charge in [0.1, 0.15) is 12.3 Å². The lowest BCUT2D eigenvalue weighted by Crippen LogP contribution is -2.52. The molecular formula is C19H27N3O5. The van der Waals surface area contributed by atoms with Crippen molar-refractivity contribution in [3.05, 3.63) is 28.3 Å². The van der Waals surface area contributed by atoms with E-state index in [-0.39, 0.29) is 35.7 Å². The van der Waals surface area contributed by atoms with Gasteiger partial charge in [0.25, 0.3) is 11.6 Å². The third kappa shape index (κ3) is 4.56. The zero-order valence-corrected chi connectivity index (χ0v) is 16.3. The monoisotopic (exact) mass is 377 g/mol. The van der Waals surface area contributed by atoms with Crippen LogP contribution in [0.25, 0.3) is 0 Å². The summed E-state index contributed by atoms with van der Waals surface area (Å²) in [6.45, 7) is 8.77. The fourth-order valence-electron chi connectivity index (χ4n) is 3.11. The van der Waals surface area contributed by atoms with Gasteiger partial charge in [0.05, 0.1) is 10.6 Å². The lowest BCUT2D eigenvalue weighted by molar-refractivity contribution is -0.384. The van der Waals surface area contributed by atoms with E-state index in [2.05, 4.69) is 0 Å². The van der Waals surface area contributed by atoms with Gasteiger partial charge in [0, 0.05) is 25.2 Å². The molecule has 0 aromatic heterocycles. The van der Waals surface area contributed by atoms with Crippen LogP contribution in [0.15, 0.2) is 18.2 Å². The van der Waals surface area contributed by atoms with Crippen LogP contribution in [-0.4, -0.2) is 47.4 Å². The first kappa shape index (κ1) is 20.7. The number of nitrogens with zero attached hydrogens (tertiary/aromatic N) is 3. The van der Waals surface area contributed by atoms with E-state index < -0.39 is 11.0 Å². The quantitative estimate of drug-likeness (QED) is 0.513. The predicted molar refractivity (Wildman–Crippen MR) is 102 cm³/mol. The Morgan fingerprint density at radius 2 is 1.93 bits per heavy atom. The van der Waals surface area contributed by atoms with E-state index in [1.807, 2.05) is 27.7 Å². The number of carbonyl (C=O) groups is 2. The van der Waals surface area contributed by atoms with Gasteiger partial charge in [-0.05, 0) is 24.8 Å². The van der Waals surface area contributed by atoms with Gasteiger partial charge in [-0.25, -0.2) is 0 Å². The van der Waals surface area contributed by atoms with Crippen molar-refractivity contribution in [3.8, 4) is 5.75 Å². The predicted octanol–water partition coefficient (Wildman–Crippen LogP) is 2.99. The first-order chi connectivity index (χ1) is 12.8. The molecule has 1 heterocycles. The molecule has 1 atom stereocenters. The SMILES string of the molecule is CCCN(CCC)C(=O)CN1C(=O)C(C(C)C)Oc2ccc([N+](=O)[O-])cc21. The van der Waals surface area contributed by atoms with E-state index in [4.69, 9.17) is 4.74 Å². The number of benzene rings is 1. The van der Waals surface area contributed by atoms with E-state index in [1.165, 1.54) is 23.1 Å². The fourth-order valence-corrected chi connectivity index (χ4v) is 3.11. The van der Waals surface area contributed by atoms with Crippen molar-refractivity contribution in [1.82, 2.24) is 4.90 Å². The minimum Gasteiger partial charge on any atom is -0.478 e. The van der Waals surface area contributed by atoms with Crippen molar-refractivity contribution in [2.75, 3.05) is 24.5 Å². The van der Waals surface area contributed by atoms with Gasteiger partial charge in [-0.2, -0.15) is 0 Å². The minimum atomic E-state index is -0.724. The molecule has 1 aliphatic heterocycles. The van der Waals surface area contributed by atoms with Gasteiger partial charge in [0.15, 0.2) is 6.10 Å². The number of amides is 2. The molecule has 1 aliphatic rings. The van der Waals surface area contributed by atoms with Crippen LogP contribution < -0.4 is 9.64 Å². The fraction of sp³-hybridized carbons (Fsp3) is 0.579. The lowest BCUT2D eigenvalue weighted by Gasteiger charge is -2.36. The van der Waals surface area contributed by atoms with Crippen LogP contribution in [0.3, 0.4) is 0 Å². The van der Waals surface area contributed by atoms with Crippen LogP contribution in [0.1, 0.15) is 40.5 Å². The third-order valence-electron chi connectivity index (χ3n) is 4.45. The standard InChI is InChI=1S/C19H27N3O5/c1-5-9-20(10-6-2)17(23)12-21-15-11-14(22(25)26)7-8-16(15)27-18(13(3)4)19(21)24/h7-8,11,13,18H,5-6,9-10,12H2,1-4H3. The first-order valence-corrected chi connectivity index (χ1v) is 9.34. The van der Waals surface area contributed by atoms with E-state index in [0.717, 1.165) is 12.8 Å². The van der Waals surface area contributed by atoms with E-state index in [9.17, 15) is 19.7 Å². The topological polar surface area (TPSA) is 93.0 Å². The molecule has 1 unspecified atom stereocenters. The molecule has 2 rings (SSSR count). The van der Waals surface area contributed by atoms with Gasteiger partial charge in [0.2, 0.25) is 5.91 Å². The first-order valence-electron chi connectivity index (χ1n) is 9.34. The normalized spacial score (nSPS) is 16.1. The molecule has 8 nitrogen and oxygen atoms in total. The Bertz CT molecular complexity index is 713. The maximum absolute atomic E-state index is 12.9. The minimum absolute atomic E-state index is 0.0965. The van der Waals surface area contributed by atoms with Crippen LogP contribution in [0.4, 0.5) is 11.4 Å². The Hall–Kier alpha value is -2.64. The van der Waals surface area contributed by atoms with Crippen LogP contribution in [0.2, 0.25) is 0 Å². The van der Waals surface area contributed by atoms with Gasteiger partial charge in [-0.3, -0.25) is 24.6 Å². The second kappa shape index (κ2) is 8.83. The smallest absolute Gasteiger partial charge is 0.271 e. The van der Waals surface area contributed by atoms with Crippen molar-refractivity contribution < 1.29 is 19.2 Å². The zero-order valence-electron chi connectivity index (χ0n) is 16.3. The number of carbonyl (C=O) groups excluding carboxylic acids is 2. The van der Waals surface area contributed by atoms with Gasteiger partial charge in [-0.15, -0.1) is 0 Å². The highest BCUT2D eigenvalue weighted by molar-refractivity contribution is 6.04. The Balaban J connectivity index is 2.39. The Morgan fingerprint density at radius 1 is 1.30 bits per heavy atom. The maximum atomic E-state index is 12.9. The largest absolute Gasteiger partial charge is 0.478 e. The summed E-state index contributed by atoms with van der Waals surface area (Å²) in [5.41, 5.74) is 0.122. The summed E-state index contributed by atoms with van der Waals surface area (Å²) < 4.78 is 5.77. The highest BCUT2D eigenvalue weighted by Gasteiger charge is 2.38. The molecule has 0 bridgehead atoms. The van der Waals surface area contributed by atoms with Crippen molar-refractivity contribution in [2.24, 2.45) is 5.92 Å². The van der Waals surface area contributed by atoms with Gasteiger partial charge < -0.3 is 9.64 Å². The van der Waals surface area contributed by atoms with E-state index in [0.29, 0.717) is 18.8 Å². The molecule has 148 valence electrons.